The van der Waals surface area contributed by atoms with Crippen LogP contribution in [0.15, 0.2) is 22.8 Å². The summed E-state index contributed by atoms with van der Waals surface area (Å²) in [4.78, 5) is 16.6. The van der Waals surface area contributed by atoms with Gasteiger partial charge in [0.2, 0.25) is 0 Å². The molecule has 1 saturated heterocycles. The molecule has 0 atom stereocenters. The van der Waals surface area contributed by atoms with E-state index in [4.69, 9.17) is 4.42 Å². The lowest BCUT2D eigenvalue weighted by molar-refractivity contribution is 0.0729. The number of hydrogen-bond acceptors (Lipinski definition) is 3. The van der Waals surface area contributed by atoms with Crippen LogP contribution in [0.2, 0.25) is 0 Å². The zero-order valence-electron chi connectivity index (χ0n) is 10.7. The van der Waals surface area contributed by atoms with Crippen LogP contribution in [0.25, 0.3) is 0 Å². The lowest BCUT2D eigenvalue weighted by Crippen LogP contribution is -2.35. The van der Waals surface area contributed by atoms with Gasteiger partial charge in [-0.15, -0.1) is 0 Å². The van der Waals surface area contributed by atoms with E-state index in [1.165, 1.54) is 19.4 Å². The monoisotopic (exact) mass is 248 g/mol. The average Bonchev–Trinajstić information content (AvgIpc) is 3.08. The van der Waals surface area contributed by atoms with Crippen LogP contribution in [0, 0.1) is 5.92 Å². The fraction of sp³-hybridized carbons (Fsp3) is 0.643. The van der Waals surface area contributed by atoms with Crippen LogP contribution in [-0.4, -0.2) is 48.4 Å². The largest absolute Gasteiger partial charge is 0.459 e. The van der Waals surface area contributed by atoms with Crippen molar-refractivity contribution >= 4 is 5.91 Å². The van der Waals surface area contributed by atoms with Crippen LogP contribution in [-0.2, 0) is 0 Å². The van der Waals surface area contributed by atoms with Crippen molar-refractivity contribution in [3.05, 3.63) is 24.2 Å². The van der Waals surface area contributed by atoms with Gasteiger partial charge in [-0.25, -0.2) is 0 Å². The molecule has 1 saturated carbocycles. The maximum absolute atomic E-state index is 12.2. The van der Waals surface area contributed by atoms with Crippen LogP contribution in [0.4, 0.5) is 0 Å². The molecule has 0 radical (unpaired) electrons. The molecule has 1 amide bonds. The predicted octanol–water partition coefficient (Wildman–Crippen LogP) is 1.84. The summed E-state index contributed by atoms with van der Waals surface area (Å²) in [5.41, 5.74) is 0. The van der Waals surface area contributed by atoms with E-state index in [2.05, 4.69) is 4.90 Å². The highest BCUT2D eigenvalue weighted by atomic mass is 16.3. The minimum absolute atomic E-state index is 0.0354. The Bertz CT molecular complexity index is 398. The van der Waals surface area contributed by atoms with E-state index in [9.17, 15) is 4.79 Å². The van der Waals surface area contributed by atoms with Crippen molar-refractivity contribution < 1.29 is 9.21 Å². The molecule has 0 aromatic carbocycles. The van der Waals surface area contributed by atoms with Crippen molar-refractivity contribution in [2.24, 2.45) is 5.92 Å². The molecule has 3 rings (SSSR count). The van der Waals surface area contributed by atoms with Crippen molar-refractivity contribution in [2.75, 3.05) is 32.7 Å². The molecule has 1 aliphatic carbocycles. The Morgan fingerprint density at radius 2 is 2.17 bits per heavy atom. The van der Waals surface area contributed by atoms with Crippen LogP contribution in [0.1, 0.15) is 29.8 Å². The number of carbonyl (C=O) groups is 1. The Morgan fingerprint density at radius 3 is 2.89 bits per heavy atom. The molecule has 18 heavy (non-hydrogen) atoms. The zero-order chi connectivity index (χ0) is 12.4. The summed E-state index contributed by atoms with van der Waals surface area (Å²) >= 11 is 0. The Hall–Kier alpha value is -1.29. The number of hydrogen-bond donors (Lipinski definition) is 0. The molecular weight excluding hydrogens is 228 g/mol. The molecule has 1 aromatic heterocycles. The Morgan fingerprint density at radius 1 is 1.28 bits per heavy atom. The van der Waals surface area contributed by atoms with Gasteiger partial charge in [0.1, 0.15) is 0 Å². The predicted molar refractivity (Wildman–Crippen MR) is 68.4 cm³/mol. The van der Waals surface area contributed by atoms with Crippen molar-refractivity contribution in [3.63, 3.8) is 0 Å². The normalized spacial score (nSPS) is 21.9. The molecule has 1 aromatic rings. The summed E-state index contributed by atoms with van der Waals surface area (Å²) < 4.78 is 5.19. The summed E-state index contributed by atoms with van der Waals surface area (Å²) in [6, 6.07) is 3.51. The van der Waals surface area contributed by atoms with Crippen molar-refractivity contribution in [1.29, 1.82) is 0 Å². The molecule has 98 valence electrons. The van der Waals surface area contributed by atoms with Crippen molar-refractivity contribution in [1.82, 2.24) is 9.80 Å². The van der Waals surface area contributed by atoms with Gasteiger partial charge in [-0.1, -0.05) is 0 Å². The molecule has 0 unspecified atom stereocenters. The SMILES string of the molecule is O=C(c1ccco1)N1CCCN(CC2CC2)CC1. The summed E-state index contributed by atoms with van der Waals surface area (Å²) in [7, 11) is 0. The Balaban J connectivity index is 1.56. The number of amides is 1. The smallest absolute Gasteiger partial charge is 0.289 e. The van der Waals surface area contributed by atoms with Gasteiger partial charge < -0.3 is 14.2 Å². The first-order valence-electron chi connectivity index (χ1n) is 6.88. The molecule has 4 nitrogen and oxygen atoms in total. The maximum Gasteiger partial charge on any atom is 0.289 e. The third-order valence-electron chi connectivity index (χ3n) is 3.82. The Kier molecular flexibility index (Phi) is 3.37. The zero-order valence-corrected chi connectivity index (χ0v) is 10.7. The van der Waals surface area contributed by atoms with E-state index in [-0.39, 0.29) is 5.91 Å². The molecule has 0 bridgehead atoms. The maximum atomic E-state index is 12.2. The van der Waals surface area contributed by atoms with E-state index in [0.29, 0.717) is 5.76 Å². The fourth-order valence-corrected chi connectivity index (χ4v) is 2.58. The van der Waals surface area contributed by atoms with Gasteiger partial charge in [-0.2, -0.15) is 0 Å². The highest BCUT2D eigenvalue weighted by Crippen LogP contribution is 2.29. The number of furan rings is 1. The van der Waals surface area contributed by atoms with Crippen molar-refractivity contribution in [2.45, 2.75) is 19.3 Å². The molecule has 1 aliphatic heterocycles. The van der Waals surface area contributed by atoms with Crippen LogP contribution in [0.5, 0.6) is 0 Å². The third kappa shape index (κ3) is 2.75. The first-order chi connectivity index (χ1) is 8.83. The van der Waals surface area contributed by atoms with Gasteiger partial charge >= 0.3 is 0 Å². The van der Waals surface area contributed by atoms with Crippen molar-refractivity contribution in [3.8, 4) is 0 Å². The lowest BCUT2D eigenvalue weighted by Gasteiger charge is -2.21. The van der Waals surface area contributed by atoms with Crippen LogP contribution < -0.4 is 0 Å². The quantitative estimate of drug-likeness (QED) is 0.819. The van der Waals surface area contributed by atoms with E-state index in [1.54, 1.807) is 18.4 Å². The topological polar surface area (TPSA) is 36.7 Å². The number of nitrogens with zero attached hydrogens (tertiary/aromatic N) is 2. The summed E-state index contributed by atoms with van der Waals surface area (Å²) in [5, 5.41) is 0. The lowest BCUT2D eigenvalue weighted by atomic mass is 10.3. The second-order valence-electron chi connectivity index (χ2n) is 5.37. The van der Waals surface area contributed by atoms with Gasteiger partial charge in [-0.05, 0) is 43.9 Å². The van der Waals surface area contributed by atoms with Gasteiger partial charge in [0.05, 0.1) is 6.26 Å². The second-order valence-corrected chi connectivity index (χ2v) is 5.37. The van der Waals surface area contributed by atoms with E-state index in [1.807, 2.05) is 4.90 Å². The summed E-state index contributed by atoms with van der Waals surface area (Å²) in [6.07, 6.45) is 5.42. The molecular formula is C14H20N2O2. The average molecular weight is 248 g/mol. The first-order valence-corrected chi connectivity index (χ1v) is 6.88. The molecule has 0 N–H and O–H groups in total. The van der Waals surface area contributed by atoms with E-state index in [0.717, 1.165) is 38.5 Å². The highest BCUT2D eigenvalue weighted by molar-refractivity contribution is 5.91. The number of carbonyl (C=O) groups excluding carboxylic acids is 1. The first kappa shape index (κ1) is 11.8. The summed E-state index contributed by atoms with van der Waals surface area (Å²) in [5.74, 6) is 1.43. The highest BCUT2D eigenvalue weighted by Gasteiger charge is 2.27. The van der Waals surface area contributed by atoms with E-state index < -0.39 is 0 Å². The minimum atomic E-state index is 0.0354. The van der Waals surface area contributed by atoms with Crippen LogP contribution >= 0.6 is 0 Å². The number of rotatable bonds is 3. The van der Waals surface area contributed by atoms with Gasteiger partial charge in [0, 0.05) is 26.2 Å². The molecule has 2 heterocycles. The minimum Gasteiger partial charge on any atom is -0.459 e. The molecule has 0 spiro atoms. The van der Waals surface area contributed by atoms with E-state index >= 15 is 0 Å². The third-order valence-corrected chi connectivity index (χ3v) is 3.82. The molecule has 2 fully saturated rings. The van der Waals surface area contributed by atoms with Crippen LogP contribution in [0.3, 0.4) is 0 Å². The molecule has 4 heteroatoms. The standard InChI is InChI=1S/C14H20N2O2/c17-14(13-3-1-10-18-13)16-7-2-6-15(8-9-16)11-12-4-5-12/h1,3,10,12H,2,4-9,11H2. The van der Waals surface area contributed by atoms with Gasteiger partial charge in [0.15, 0.2) is 5.76 Å². The summed E-state index contributed by atoms with van der Waals surface area (Å²) in [6.45, 7) is 5.02. The van der Waals surface area contributed by atoms with Gasteiger partial charge in [0.25, 0.3) is 5.91 Å². The Labute approximate surface area is 108 Å². The molecule has 2 aliphatic rings. The fourth-order valence-electron chi connectivity index (χ4n) is 2.58. The second kappa shape index (κ2) is 5.14. The van der Waals surface area contributed by atoms with Gasteiger partial charge in [-0.3, -0.25) is 4.79 Å².